The predicted molar refractivity (Wildman–Crippen MR) is 23.9 cm³/mol. The molecule has 4 N–H and O–H groups in total. The molecule has 0 saturated heterocycles. The Hall–Kier alpha value is 0.602. The molecule has 0 rings (SSSR count). The van der Waals surface area contributed by atoms with E-state index >= 15 is 0 Å². The Kier molecular flexibility index (Phi) is 5.41. The summed E-state index contributed by atoms with van der Waals surface area (Å²) in [5.41, 5.74) is 0. The molecule has 0 aromatic heterocycles. The van der Waals surface area contributed by atoms with Gasteiger partial charge >= 0.3 is 24.4 Å². The van der Waals surface area contributed by atoms with E-state index in [1.54, 1.807) is 0 Å². The molecule has 0 amide bonds. The quantitative estimate of drug-likeness (QED) is 0.330. The summed E-state index contributed by atoms with van der Waals surface area (Å²) < 4.78 is 13.1. The maximum Gasteiger partial charge on any atom is 0.440 e. The second kappa shape index (κ2) is 3.59. The SMILES string of the molecule is O.O=P(O)(O)[O][AlH]. The van der Waals surface area contributed by atoms with Gasteiger partial charge in [0, 0.05) is 0 Å². The van der Waals surface area contributed by atoms with Gasteiger partial charge in [0.1, 0.15) is 0 Å². The van der Waals surface area contributed by atoms with E-state index in [9.17, 15) is 4.57 Å². The van der Waals surface area contributed by atoms with Crippen LogP contribution in [0, 0.1) is 0 Å². The molecule has 0 atom stereocenters. The summed E-state index contributed by atoms with van der Waals surface area (Å²) in [5, 5.41) is 0. The molecule has 0 spiro atoms. The van der Waals surface area contributed by atoms with Crippen LogP contribution in [0.15, 0.2) is 0 Å². The van der Waals surface area contributed by atoms with Gasteiger partial charge in [0.15, 0.2) is 0 Å². The lowest BCUT2D eigenvalue weighted by Gasteiger charge is -1.96. The second-order valence-corrected chi connectivity index (χ2v) is 2.63. The molecule has 0 aliphatic carbocycles. The first-order valence-electron chi connectivity index (χ1n) is 1.05. The number of phosphoric acid groups is 1. The van der Waals surface area contributed by atoms with Crippen molar-refractivity contribution >= 4 is 24.4 Å². The van der Waals surface area contributed by atoms with Crippen LogP contribution in [0.25, 0.3) is 0 Å². The van der Waals surface area contributed by atoms with Gasteiger partial charge in [0.2, 0.25) is 0 Å². The summed E-state index contributed by atoms with van der Waals surface area (Å²) in [6.07, 6.45) is 0. The van der Waals surface area contributed by atoms with Crippen LogP contribution in [0.5, 0.6) is 0 Å². The largest absolute Gasteiger partial charge is 0.440 e. The van der Waals surface area contributed by atoms with Crippen molar-refractivity contribution in [1.29, 1.82) is 0 Å². The molecule has 0 heterocycles. The van der Waals surface area contributed by atoms with Crippen LogP contribution in [0.3, 0.4) is 0 Å². The van der Waals surface area contributed by atoms with Crippen LogP contribution in [0.2, 0.25) is 0 Å². The molecule has 0 aliphatic heterocycles. The van der Waals surface area contributed by atoms with E-state index in [-0.39, 0.29) is 5.48 Å². The smallest absolute Gasteiger partial charge is 0.428 e. The zero-order chi connectivity index (χ0) is 5.21. The zero-order valence-electron chi connectivity index (χ0n) is 3.37. The molecular formula is H5AlO5P. The molecule has 0 fully saturated rings. The third kappa shape index (κ3) is 10.8. The summed E-state index contributed by atoms with van der Waals surface area (Å²) in [4.78, 5) is 15.4. The van der Waals surface area contributed by atoms with Crippen molar-refractivity contribution < 1.29 is 23.4 Å². The predicted octanol–water partition coefficient (Wildman–Crippen LogP) is -1.91. The molecule has 0 aromatic carbocycles. The van der Waals surface area contributed by atoms with Gasteiger partial charge in [-0.05, 0) is 0 Å². The van der Waals surface area contributed by atoms with Gasteiger partial charge in [-0.15, -0.1) is 0 Å². The van der Waals surface area contributed by atoms with Crippen LogP contribution < -0.4 is 0 Å². The van der Waals surface area contributed by atoms with E-state index in [2.05, 4.69) is 3.58 Å². The lowest BCUT2D eigenvalue weighted by molar-refractivity contribution is 0.292. The van der Waals surface area contributed by atoms with E-state index in [1.807, 2.05) is 0 Å². The second-order valence-electron chi connectivity index (χ2n) is 0.620. The van der Waals surface area contributed by atoms with E-state index < -0.39 is 7.82 Å². The van der Waals surface area contributed by atoms with Crippen LogP contribution in [-0.2, 0) is 8.14 Å². The molecule has 0 bridgehead atoms. The third-order valence-electron chi connectivity index (χ3n) is 0.168. The van der Waals surface area contributed by atoms with Gasteiger partial charge in [-0.25, -0.2) is 4.57 Å². The average molecular weight is 143 g/mol. The van der Waals surface area contributed by atoms with Crippen molar-refractivity contribution in [3.05, 3.63) is 0 Å². The Morgan fingerprint density at radius 2 is 1.71 bits per heavy atom. The maximum atomic E-state index is 9.48. The number of rotatable bonds is 1. The van der Waals surface area contributed by atoms with Gasteiger partial charge < -0.3 is 18.8 Å². The van der Waals surface area contributed by atoms with E-state index in [4.69, 9.17) is 9.79 Å². The van der Waals surface area contributed by atoms with Crippen LogP contribution in [0.4, 0.5) is 0 Å². The monoisotopic (exact) mass is 143 g/mol. The summed E-state index contributed by atoms with van der Waals surface area (Å²) in [7, 11) is -4.13. The van der Waals surface area contributed by atoms with Crippen molar-refractivity contribution in [2.75, 3.05) is 0 Å². The van der Waals surface area contributed by atoms with Crippen molar-refractivity contribution in [2.45, 2.75) is 0 Å². The highest BCUT2D eigenvalue weighted by atomic mass is 31.2. The first-order valence-corrected chi connectivity index (χ1v) is 3.16. The van der Waals surface area contributed by atoms with Gasteiger partial charge in [0.05, 0.1) is 0 Å². The highest BCUT2D eigenvalue weighted by Crippen LogP contribution is 2.33. The molecule has 1 radical (unpaired) electrons. The van der Waals surface area contributed by atoms with E-state index in [0.717, 1.165) is 16.6 Å². The van der Waals surface area contributed by atoms with Crippen molar-refractivity contribution in [1.82, 2.24) is 0 Å². The minimum Gasteiger partial charge on any atom is -0.428 e. The lowest BCUT2D eigenvalue weighted by atomic mass is 15.7. The fraction of sp³-hybridized carbons (Fsp3) is 0. The molecule has 0 aliphatic rings. The first kappa shape index (κ1) is 10.6. The van der Waals surface area contributed by atoms with Crippen molar-refractivity contribution in [2.24, 2.45) is 0 Å². The minimum absolute atomic E-state index is 0. The Morgan fingerprint density at radius 3 is 1.71 bits per heavy atom. The summed E-state index contributed by atoms with van der Waals surface area (Å²) >= 11 is 0.773. The maximum absolute atomic E-state index is 9.48. The highest BCUT2D eigenvalue weighted by Gasteiger charge is 2.05. The first-order chi connectivity index (χ1) is 2.56. The number of hydrogen-bond donors (Lipinski definition) is 2. The molecule has 0 aromatic rings. The lowest BCUT2D eigenvalue weighted by Crippen LogP contribution is -1.78. The third-order valence-corrected chi connectivity index (χ3v) is 1.51. The Balaban J connectivity index is 0. The molecule has 0 saturated carbocycles. The minimum atomic E-state index is -4.13. The average Bonchev–Trinajstić information content (AvgIpc) is 1.35. The van der Waals surface area contributed by atoms with Gasteiger partial charge in [-0.1, -0.05) is 0 Å². The van der Waals surface area contributed by atoms with Gasteiger partial charge in [-0.3, -0.25) is 0 Å². The molecule has 7 heavy (non-hydrogen) atoms. The fourth-order valence-corrected chi connectivity index (χ4v) is 0. The summed E-state index contributed by atoms with van der Waals surface area (Å²) in [5.74, 6) is 0. The van der Waals surface area contributed by atoms with Crippen LogP contribution in [0.1, 0.15) is 0 Å². The van der Waals surface area contributed by atoms with Crippen LogP contribution in [-0.4, -0.2) is 31.9 Å². The summed E-state index contributed by atoms with van der Waals surface area (Å²) in [6, 6.07) is 0. The van der Waals surface area contributed by atoms with Gasteiger partial charge in [0.25, 0.3) is 0 Å². The summed E-state index contributed by atoms with van der Waals surface area (Å²) in [6.45, 7) is 0. The number of hydrogen-bond acceptors (Lipinski definition) is 2. The Bertz CT molecular complexity index is 72.1. The standard InChI is InChI=1S/Al.H3O4P.H2O.H/c;1-5(2,3)4;;/h;(H3,1,2,3,4);1H2;/q+1;;;/p-1. The highest BCUT2D eigenvalue weighted by molar-refractivity contribution is 7.47. The fourth-order valence-electron chi connectivity index (χ4n) is 0. The Labute approximate surface area is 48.6 Å². The molecule has 0 unspecified atom stereocenters. The van der Waals surface area contributed by atoms with Crippen LogP contribution >= 0.6 is 7.82 Å². The topological polar surface area (TPSA) is 98.3 Å². The van der Waals surface area contributed by atoms with E-state index in [1.165, 1.54) is 0 Å². The molecular weight excluding hydrogens is 138 g/mol. The van der Waals surface area contributed by atoms with Gasteiger partial charge in [-0.2, -0.15) is 0 Å². The molecule has 43 valence electrons. The normalized spacial score (nSPS) is 10.0. The van der Waals surface area contributed by atoms with Crippen molar-refractivity contribution in [3.63, 3.8) is 0 Å². The zero-order valence-corrected chi connectivity index (χ0v) is 5.67. The molecule has 5 nitrogen and oxygen atoms in total. The van der Waals surface area contributed by atoms with E-state index in [0.29, 0.717) is 0 Å². The molecule has 7 heteroatoms. The Morgan fingerprint density at radius 1 is 1.57 bits per heavy atom. The van der Waals surface area contributed by atoms with Crippen molar-refractivity contribution in [3.8, 4) is 0 Å².